The fourth-order valence-corrected chi connectivity index (χ4v) is 4.09. The second kappa shape index (κ2) is 15.6. The van der Waals surface area contributed by atoms with E-state index in [2.05, 4.69) is 94.2 Å². The molecule has 2 aromatic rings. The first-order valence-corrected chi connectivity index (χ1v) is 12.9. The summed E-state index contributed by atoms with van der Waals surface area (Å²) < 4.78 is 0. The van der Waals surface area contributed by atoms with Gasteiger partial charge in [0.15, 0.2) is 0 Å². The first-order valence-electron chi connectivity index (χ1n) is 12.9. The standard InChI is InChI=1S/C16H21NO.C14H18O.C2H5NO/c1-10(2)7-13-5-6-14-8-11(3)16(15(14)9-13)17-12(4)18;1-11(2)8-13-4-6-14(7-5-13)9-12(3)10-15;1-2(3)4/h5-6,8-10,16H,7H2,1-4H3,(H,17,18);4-7,9-11H,8H2,1-3H3;1H3,(H2,3,4)/b;12-9+;. The molecule has 200 valence electrons. The van der Waals surface area contributed by atoms with Crippen molar-refractivity contribution in [2.45, 2.75) is 74.3 Å². The summed E-state index contributed by atoms with van der Waals surface area (Å²) in [7, 11) is 0. The van der Waals surface area contributed by atoms with Crippen LogP contribution in [0.15, 0.2) is 53.6 Å². The van der Waals surface area contributed by atoms with Crippen LogP contribution in [0.4, 0.5) is 0 Å². The molecule has 0 radical (unpaired) electrons. The summed E-state index contributed by atoms with van der Waals surface area (Å²) in [5.74, 6) is 1.02. The van der Waals surface area contributed by atoms with Crippen LogP contribution >= 0.6 is 0 Å². The number of carbonyl (C=O) groups excluding carboxylic acids is 3. The normalized spacial score (nSPS) is 14.1. The minimum atomic E-state index is -0.333. The van der Waals surface area contributed by atoms with Gasteiger partial charge >= 0.3 is 0 Å². The number of primary amides is 1. The Bertz CT molecular complexity index is 1110. The fraction of sp³-hybridized carbons (Fsp3) is 0.406. The fourth-order valence-electron chi connectivity index (χ4n) is 4.09. The van der Waals surface area contributed by atoms with Gasteiger partial charge in [-0.05, 0) is 83.6 Å². The van der Waals surface area contributed by atoms with E-state index in [0.29, 0.717) is 11.8 Å². The highest BCUT2D eigenvalue weighted by Gasteiger charge is 2.23. The summed E-state index contributed by atoms with van der Waals surface area (Å²) in [5, 5.41) is 3.02. The number of hydrogen-bond donors (Lipinski definition) is 2. The minimum absolute atomic E-state index is 0.0230. The second-order valence-corrected chi connectivity index (χ2v) is 10.5. The third-order valence-corrected chi connectivity index (χ3v) is 5.50. The van der Waals surface area contributed by atoms with Crippen LogP contribution in [0.5, 0.6) is 0 Å². The average Bonchev–Trinajstić information content (AvgIpc) is 3.08. The zero-order valence-corrected chi connectivity index (χ0v) is 23.7. The highest BCUT2D eigenvalue weighted by Crippen LogP contribution is 2.35. The number of hydrogen-bond acceptors (Lipinski definition) is 3. The summed E-state index contributed by atoms with van der Waals surface area (Å²) in [4.78, 5) is 31.0. The van der Waals surface area contributed by atoms with E-state index in [1.54, 1.807) is 6.92 Å². The minimum Gasteiger partial charge on any atom is -0.370 e. The number of benzene rings is 2. The van der Waals surface area contributed by atoms with Gasteiger partial charge in [0.2, 0.25) is 11.8 Å². The quantitative estimate of drug-likeness (QED) is 0.335. The van der Waals surface area contributed by atoms with Gasteiger partial charge in [0.05, 0.1) is 6.04 Å². The van der Waals surface area contributed by atoms with Crippen molar-refractivity contribution in [3.63, 3.8) is 0 Å². The van der Waals surface area contributed by atoms with Crippen LogP contribution in [0.1, 0.15) is 89.2 Å². The second-order valence-electron chi connectivity index (χ2n) is 10.5. The van der Waals surface area contributed by atoms with Crippen LogP contribution in [0.3, 0.4) is 0 Å². The molecule has 0 fully saturated rings. The predicted molar refractivity (Wildman–Crippen MR) is 155 cm³/mol. The first-order chi connectivity index (χ1) is 17.3. The van der Waals surface area contributed by atoms with E-state index in [-0.39, 0.29) is 17.9 Å². The van der Waals surface area contributed by atoms with E-state index >= 15 is 0 Å². The maximum atomic E-state index is 11.3. The van der Waals surface area contributed by atoms with Gasteiger partial charge in [-0.3, -0.25) is 14.4 Å². The topological polar surface area (TPSA) is 89.3 Å². The van der Waals surface area contributed by atoms with Gasteiger partial charge in [-0.2, -0.15) is 0 Å². The molecular formula is C32H44N2O3. The highest BCUT2D eigenvalue weighted by molar-refractivity contribution is 5.80. The molecule has 0 aliphatic heterocycles. The number of fused-ring (bicyclic) bond motifs is 1. The third kappa shape index (κ3) is 12.4. The summed E-state index contributed by atoms with van der Waals surface area (Å²) in [5.41, 5.74) is 12.7. The van der Waals surface area contributed by atoms with Crippen LogP contribution in [-0.4, -0.2) is 18.1 Å². The molecule has 1 atom stereocenters. The van der Waals surface area contributed by atoms with E-state index in [1.165, 1.54) is 34.8 Å². The Morgan fingerprint density at radius 1 is 0.919 bits per heavy atom. The average molecular weight is 505 g/mol. The number of amides is 2. The van der Waals surface area contributed by atoms with Crippen molar-refractivity contribution in [3.8, 4) is 0 Å². The lowest BCUT2D eigenvalue weighted by Gasteiger charge is -2.16. The molecule has 5 nitrogen and oxygen atoms in total. The number of rotatable bonds is 7. The lowest BCUT2D eigenvalue weighted by Crippen LogP contribution is -2.25. The molecule has 0 heterocycles. The van der Waals surface area contributed by atoms with Crippen molar-refractivity contribution >= 4 is 30.3 Å². The highest BCUT2D eigenvalue weighted by atomic mass is 16.1. The first kappa shape index (κ1) is 31.6. The van der Waals surface area contributed by atoms with Crippen molar-refractivity contribution in [2.24, 2.45) is 17.6 Å². The van der Waals surface area contributed by atoms with E-state index in [9.17, 15) is 14.4 Å². The van der Waals surface area contributed by atoms with Gasteiger partial charge in [0, 0.05) is 13.8 Å². The van der Waals surface area contributed by atoms with Crippen LogP contribution in [0.25, 0.3) is 12.2 Å². The van der Waals surface area contributed by atoms with Crippen molar-refractivity contribution in [1.82, 2.24) is 5.32 Å². The number of carbonyl (C=O) groups is 3. The maximum absolute atomic E-state index is 11.3. The van der Waals surface area contributed by atoms with Gasteiger partial charge < -0.3 is 11.1 Å². The monoisotopic (exact) mass is 504 g/mol. The van der Waals surface area contributed by atoms with Crippen LogP contribution in [-0.2, 0) is 27.2 Å². The van der Waals surface area contributed by atoms with Crippen LogP contribution in [0, 0.1) is 11.8 Å². The molecule has 2 amide bonds. The van der Waals surface area contributed by atoms with Crippen molar-refractivity contribution < 1.29 is 14.4 Å². The zero-order chi connectivity index (χ0) is 28.1. The van der Waals surface area contributed by atoms with Crippen LogP contribution < -0.4 is 11.1 Å². The molecule has 0 spiro atoms. The SMILES string of the molecule is C/C(C=O)=C\c1ccc(CC(C)C)cc1.CC(=O)NC1C(C)=Cc2ccc(CC(C)C)cc21.CC(N)=O. The Labute approximate surface area is 223 Å². The van der Waals surface area contributed by atoms with Crippen molar-refractivity contribution in [2.75, 3.05) is 0 Å². The molecule has 2 aromatic carbocycles. The van der Waals surface area contributed by atoms with E-state index < -0.39 is 0 Å². The molecule has 1 aliphatic carbocycles. The molecule has 3 rings (SSSR count). The largest absolute Gasteiger partial charge is 0.370 e. The number of nitrogens with two attached hydrogens (primary N) is 1. The number of aldehydes is 1. The molecular weight excluding hydrogens is 460 g/mol. The summed E-state index contributed by atoms with van der Waals surface area (Å²) in [6.07, 6.45) is 7.12. The summed E-state index contributed by atoms with van der Waals surface area (Å²) >= 11 is 0. The molecule has 5 heteroatoms. The smallest absolute Gasteiger partial charge is 0.217 e. The number of allylic oxidation sites excluding steroid dienone is 1. The summed E-state index contributed by atoms with van der Waals surface area (Å²) in [6, 6.07) is 15.0. The predicted octanol–water partition coefficient (Wildman–Crippen LogP) is 6.46. The molecule has 0 aromatic heterocycles. The van der Waals surface area contributed by atoms with Gasteiger partial charge in [-0.25, -0.2) is 0 Å². The van der Waals surface area contributed by atoms with Gasteiger partial charge in [0.25, 0.3) is 0 Å². The molecule has 0 bridgehead atoms. The molecule has 37 heavy (non-hydrogen) atoms. The Balaban J connectivity index is 0.000000328. The Morgan fingerprint density at radius 2 is 1.43 bits per heavy atom. The van der Waals surface area contributed by atoms with Gasteiger partial charge in [0.1, 0.15) is 6.29 Å². The van der Waals surface area contributed by atoms with Crippen molar-refractivity contribution in [1.29, 1.82) is 0 Å². The molecule has 1 aliphatic rings. The van der Waals surface area contributed by atoms with E-state index in [0.717, 1.165) is 30.3 Å². The maximum Gasteiger partial charge on any atom is 0.217 e. The van der Waals surface area contributed by atoms with E-state index in [1.807, 2.05) is 13.0 Å². The third-order valence-electron chi connectivity index (χ3n) is 5.50. The van der Waals surface area contributed by atoms with E-state index in [4.69, 9.17) is 0 Å². The molecule has 1 unspecified atom stereocenters. The summed E-state index contributed by atoms with van der Waals surface area (Å²) in [6.45, 7) is 15.6. The molecule has 0 saturated carbocycles. The molecule has 3 N–H and O–H groups in total. The lowest BCUT2D eigenvalue weighted by atomic mass is 9.97. The van der Waals surface area contributed by atoms with Crippen LogP contribution in [0.2, 0.25) is 0 Å². The lowest BCUT2D eigenvalue weighted by molar-refractivity contribution is -0.119. The Morgan fingerprint density at radius 3 is 1.92 bits per heavy atom. The van der Waals surface area contributed by atoms with Gasteiger partial charge in [-0.15, -0.1) is 0 Å². The Kier molecular flexibility index (Phi) is 13.3. The zero-order valence-electron chi connectivity index (χ0n) is 23.7. The van der Waals surface area contributed by atoms with Gasteiger partial charge in [-0.1, -0.05) is 76.2 Å². The number of nitrogens with one attached hydrogen (secondary N) is 1. The Hall–Kier alpha value is -3.47. The molecule has 0 saturated heterocycles. The van der Waals surface area contributed by atoms with Crippen molar-refractivity contribution in [3.05, 3.63) is 81.4 Å².